The van der Waals surface area contributed by atoms with Crippen molar-refractivity contribution in [3.05, 3.63) is 35.5 Å². The van der Waals surface area contributed by atoms with Gasteiger partial charge >= 0.3 is 0 Å². The van der Waals surface area contributed by atoms with Gasteiger partial charge in [0, 0.05) is 21.2 Å². The van der Waals surface area contributed by atoms with Gasteiger partial charge in [-0.05, 0) is 93.0 Å². The van der Waals surface area contributed by atoms with Crippen LogP contribution in [0.2, 0.25) is 0 Å². The molecule has 0 radical (unpaired) electrons. The Morgan fingerprint density at radius 3 is 2.80 bits per heavy atom. The molecule has 2 N–H and O–H groups in total. The average Bonchev–Trinajstić information content (AvgIpc) is 3.06. The van der Waals surface area contributed by atoms with Crippen LogP contribution in [0.4, 0.5) is 0 Å². The Bertz CT molecular complexity index is 794. The average molecular weight is 434 g/mol. The molecular formula is C26H43NO2S. The maximum atomic E-state index is 12.1. The van der Waals surface area contributed by atoms with Crippen LogP contribution in [0.3, 0.4) is 0 Å². The monoisotopic (exact) mass is 433 g/mol. The Morgan fingerprint density at radius 2 is 2.07 bits per heavy atom. The van der Waals surface area contributed by atoms with Crippen LogP contribution < -0.4 is 0 Å². The minimum Gasteiger partial charge on any atom is -0.393 e. The molecular weight excluding hydrogens is 390 g/mol. The zero-order chi connectivity index (χ0) is 21.9. The van der Waals surface area contributed by atoms with Crippen LogP contribution in [0, 0.1) is 27.9 Å². The van der Waals surface area contributed by atoms with E-state index in [1.807, 2.05) is 6.92 Å². The van der Waals surface area contributed by atoms with Crippen molar-refractivity contribution < 1.29 is 9.32 Å². The summed E-state index contributed by atoms with van der Waals surface area (Å²) in [6, 6.07) is 0. The first kappa shape index (κ1) is 23.8. The second-order valence-corrected chi connectivity index (χ2v) is 13.1. The highest BCUT2D eigenvalue weighted by atomic mass is 32.2. The Labute approximate surface area is 185 Å². The minimum absolute atomic E-state index is 0.209. The van der Waals surface area contributed by atoms with E-state index in [-0.39, 0.29) is 6.10 Å². The van der Waals surface area contributed by atoms with Gasteiger partial charge in [-0.3, -0.25) is 4.78 Å². The number of nitrogens with one attached hydrogen (secondary N) is 1. The summed E-state index contributed by atoms with van der Waals surface area (Å²) >= 11 is 0. The number of aliphatic hydroxyl groups excluding tert-OH is 1. The molecule has 1 unspecified atom stereocenters. The lowest BCUT2D eigenvalue weighted by molar-refractivity contribution is 0.0941. The molecule has 3 rings (SSSR count). The van der Waals surface area contributed by atoms with E-state index in [0.29, 0.717) is 28.8 Å². The zero-order valence-corrected chi connectivity index (χ0v) is 20.2. The van der Waals surface area contributed by atoms with Crippen molar-refractivity contribution in [1.82, 2.24) is 0 Å². The topological polar surface area (TPSA) is 61.1 Å². The molecule has 0 aliphatic heterocycles. The van der Waals surface area contributed by atoms with Crippen LogP contribution in [-0.2, 0) is 9.73 Å². The maximum absolute atomic E-state index is 12.1. The summed E-state index contributed by atoms with van der Waals surface area (Å²) in [6.07, 6.45) is 15.3. The van der Waals surface area contributed by atoms with Crippen molar-refractivity contribution in [3.63, 3.8) is 0 Å². The lowest BCUT2D eigenvalue weighted by Gasteiger charge is -2.44. The lowest BCUT2D eigenvalue weighted by atomic mass is 9.61. The summed E-state index contributed by atoms with van der Waals surface area (Å²) in [5.41, 5.74) is 4.43. The zero-order valence-electron chi connectivity index (χ0n) is 19.4. The molecule has 0 aromatic carbocycles. The standard InChI is InChI=1S/C26H43NO2S/c1-5-30(27,29)17-7-8-20(3)24-14-15-25-21(9-6-16-26(24,25)4)11-12-22-18-23(28)13-10-19(22)2/h11-12,20,23-25,27-28H,2,5-10,13-18H2,1,3-4H3/b21-11+,22-12-/t20-,23+,24-,25+,26-,30?/m1/s1. The van der Waals surface area contributed by atoms with Crippen molar-refractivity contribution in [1.29, 1.82) is 4.78 Å². The van der Waals surface area contributed by atoms with Crippen molar-refractivity contribution in [2.24, 2.45) is 23.2 Å². The molecule has 0 bridgehead atoms. The molecule has 3 aliphatic rings. The normalized spacial score (nSPS) is 37.9. The molecule has 170 valence electrons. The van der Waals surface area contributed by atoms with Crippen LogP contribution >= 0.6 is 0 Å². The largest absolute Gasteiger partial charge is 0.393 e. The van der Waals surface area contributed by atoms with E-state index >= 15 is 0 Å². The van der Waals surface area contributed by atoms with Gasteiger partial charge < -0.3 is 5.11 Å². The smallest absolute Gasteiger partial charge is 0.0583 e. The van der Waals surface area contributed by atoms with Crippen molar-refractivity contribution >= 4 is 9.73 Å². The number of allylic oxidation sites excluding steroid dienone is 4. The van der Waals surface area contributed by atoms with Crippen LogP contribution in [0.25, 0.3) is 0 Å². The highest BCUT2D eigenvalue weighted by Crippen LogP contribution is 2.59. The van der Waals surface area contributed by atoms with Crippen molar-refractivity contribution in [2.75, 3.05) is 11.5 Å². The first-order valence-corrected chi connectivity index (χ1v) is 14.1. The molecule has 6 atom stereocenters. The maximum Gasteiger partial charge on any atom is 0.0583 e. The molecule has 3 fully saturated rings. The summed E-state index contributed by atoms with van der Waals surface area (Å²) in [5.74, 6) is 3.09. The SMILES string of the molecule is C=C1CC[C@H](O)C/C1=C/C=C1\CCC[C@]2(C)[C@@H]([C@H](C)CCCS(=N)(=O)CC)CC[C@@H]12. The van der Waals surface area contributed by atoms with E-state index < -0.39 is 9.73 Å². The van der Waals surface area contributed by atoms with Crippen LogP contribution in [-0.4, -0.2) is 26.9 Å². The second kappa shape index (κ2) is 9.73. The van der Waals surface area contributed by atoms with E-state index in [0.717, 1.165) is 38.0 Å². The fourth-order valence-corrected chi connectivity index (χ4v) is 7.52. The third kappa shape index (κ3) is 5.30. The molecule has 0 heterocycles. The van der Waals surface area contributed by atoms with Gasteiger partial charge in [-0.25, -0.2) is 4.21 Å². The predicted octanol–water partition coefficient (Wildman–Crippen LogP) is 6.64. The van der Waals surface area contributed by atoms with E-state index in [1.165, 1.54) is 43.3 Å². The third-order valence-electron chi connectivity index (χ3n) is 8.51. The lowest BCUT2D eigenvalue weighted by Crippen LogP contribution is -2.36. The molecule has 0 saturated heterocycles. The van der Waals surface area contributed by atoms with E-state index in [9.17, 15) is 9.32 Å². The number of rotatable bonds is 7. The molecule has 0 aromatic rings. The van der Waals surface area contributed by atoms with Gasteiger partial charge in [-0.2, -0.15) is 0 Å². The Balaban J connectivity index is 1.68. The van der Waals surface area contributed by atoms with Crippen LogP contribution in [0.1, 0.15) is 85.0 Å². The fourth-order valence-electron chi connectivity index (χ4n) is 6.59. The van der Waals surface area contributed by atoms with Gasteiger partial charge in [0.15, 0.2) is 0 Å². The molecule has 3 saturated carbocycles. The van der Waals surface area contributed by atoms with E-state index in [4.69, 9.17) is 4.78 Å². The molecule has 0 aromatic heterocycles. The molecule has 30 heavy (non-hydrogen) atoms. The van der Waals surface area contributed by atoms with Gasteiger partial charge in [-0.15, -0.1) is 0 Å². The summed E-state index contributed by atoms with van der Waals surface area (Å²) in [7, 11) is -2.35. The summed E-state index contributed by atoms with van der Waals surface area (Å²) < 4.78 is 20.0. The van der Waals surface area contributed by atoms with Gasteiger partial charge in [-0.1, -0.05) is 50.6 Å². The Kier molecular flexibility index (Phi) is 7.71. The number of aliphatic hydroxyl groups is 1. The third-order valence-corrected chi connectivity index (χ3v) is 10.4. The molecule has 3 nitrogen and oxygen atoms in total. The number of fused-ring (bicyclic) bond motifs is 1. The molecule has 4 heteroatoms. The predicted molar refractivity (Wildman–Crippen MR) is 128 cm³/mol. The van der Waals surface area contributed by atoms with Crippen molar-refractivity contribution in [2.45, 2.75) is 91.1 Å². The summed E-state index contributed by atoms with van der Waals surface area (Å²) in [4.78, 5) is 0. The first-order chi connectivity index (χ1) is 14.2. The number of hydrogen-bond donors (Lipinski definition) is 2. The highest BCUT2D eigenvalue weighted by Gasteiger charge is 2.50. The Morgan fingerprint density at radius 1 is 1.30 bits per heavy atom. The quantitative estimate of drug-likeness (QED) is 0.473. The van der Waals surface area contributed by atoms with Crippen LogP contribution in [0.15, 0.2) is 35.5 Å². The van der Waals surface area contributed by atoms with Crippen LogP contribution in [0.5, 0.6) is 0 Å². The van der Waals surface area contributed by atoms with Gasteiger partial charge in [0.2, 0.25) is 0 Å². The fraction of sp³-hybridized carbons (Fsp3) is 0.769. The summed E-state index contributed by atoms with van der Waals surface area (Å²) in [6.45, 7) is 11.0. The van der Waals surface area contributed by atoms with E-state index in [2.05, 4.69) is 32.6 Å². The molecule has 3 aliphatic carbocycles. The first-order valence-electron chi connectivity index (χ1n) is 12.2. The van der Waals surface area contributed by atoms with Gasteiger partial charge in [0.1, 0.15) is 0 Å². The Hall–Kier alpha value is -0.870. The van der Waals surface area contributed by atoms with Crippen molar-refractivity contribution in [3.8, 4) is 0 Å². The highest BCUT2D eigenvalue weighted by molar-refractivity contribution is 7.92. The minimum atomic E-state index is -2.35. The number of hydrogen-bond acceptors (Lipinski definition) is 3. The second-order valence-electron chi connectivity index (χ2n) is 10.5. The molecule has 0 amide bonds. The van der Waals surface area contributed by atoms with Gasteiger partial charge in [0.05, 0.1) is 6.10 Å². The summed E-state index contributed by atoms with van der Waals surface area (Å²) in [5, 5.41) is 10.0. The van der Waals surface area contributed by atoms with E-state index in [1.54, 1.807) is 5.57 Å². The van der Waals surface area contributed by atoms with Gasteiger partial charge in [0.25, 0.3) is 0 Å². The molecule has 0 spiro atoms.